The summed E-state index contributed by atoms with van der Waals surface area (Å²) in [5, 5.41) is 2.74. The van der Waals surface area contributed by atoms with Crippen molar-refractivity contribution >= 4 is 17.5 Å². The Morgan fingerprint density at radius 1 is 1.05 bits per heavy atom. The summed E-state index contributed by atoms with van der Waals surface area (Å²) in [6.07, 6.45) is -0.693. The molecule has 3 N–H and O–H groups in total. The molecule has 5 nitrogen and oxygen atoms in total. The molecular weight excluding hydrogens is 268 g/mol. The molecule has 5 heteroatoms. The molecule has 21 heavy (non-hydrogen) atoms. The molecule has 0 aliphatic carbocycles. The number of carbonyl (C=O) groups is 2. The summed E-state index contributed by atoms with van der Waals surface area (Å²) in [4.78, 5) is 23.2. The number of methoxy groups -OCH3 is 1. The Kier molecular flexibility index (Phi) is 4.68. The van der Waals surface area contributed by atoms with Gasteiger partial charge < -0.3 is 15.8 Å². The molecule has 0 fully saturated rings. The number of nitrogens with two attached hydrogens (primary N) is 1. The smallest absolute Gasteiger partial charge is 0.258 e. The van der Waals surface area contributed by atoms with Crippen LogP contribution < -0.4 is 11.1 Å². The van der Waals surface area contributed by atoms with Crippen LogP contribution >= 0.6 is 0 Å². The lowest BCUT2D eigenvalue weighted by molar-refractivity contribution is -0.126. The number of benzene rings is 2. The zero-order chi connectivity index (χ0) is 15.2. The van der Waals surface area contributed by atoms with Crippen LogP contribution in [-0.4, -0.2) is 18.9 Å². The molecule has 2 rings (SSSR count). The molecular formula is C16H16N2O3. The van der Waals surface area contributed by atoms with E-state index in [0.717, 1.165) is 5.56 Å². The Morgan fingerprint density at radius 2 is 1.67 bits per heavy atom. The third-order valence-electron chi connectivity index (χ3n) is 3.01. The summed E-state index contributed by atoms with van der Waals surface area (Å²) in [5.41, 5.74) is 6.89. The molecule has 0 saturated heterocycles. The number of hydrogen-bond acceptors (Lipinski definition) is 3. The van der Waals surface area contributed by atoms with Gasteiger partial charge in [-0.1, -0.05) is 30.3 Å². The van der Waals surface area contributed by atoms with Crippen molar-refractivity contribution in [3.63, 3.8) is 0 Å². The first kappa shape index (κ1) is 14.7. The molecule has 0 bridgehead atoms. The van der Waals surface area contributed by atoms with E-state index in [0.29, 0.717) is 11.3 Å². The van der Waals surface area contributed by atoms with E-state index in [1.54, 1.807) is 24.3 Å². The molecule has 0 unspecified atom stereocenters. The van der Waals surface area contributed by atoms with E-state index < -0.39 is 12.0 Å². The van der Waals surface area contributed by atoms with Crippen LogP contribution in [0.25, 0.3) is 0 Å². The van der Waals surface area contributed by atoms with Gasteiger partial charge in [0.25, 0.3) is 5.91 Å². The van der Waals surface area contributed by atoms with Crippen LogP contribution in [0.4, 0.5) is 5.69 Å². The predicted molar refractivity (Wildman–Crippen MR) is 79.8 cm³/mol. The molecule has 0 aromatic heterocycles. The fraction of sp³-hybridized carbons (Fsp3) is 0.125. The fourth-order valence-corrected chi connectivity index (χ4v) is 1.95. The van der Waals surface area contributed by atoms with E-state index in [9.17, 15) is 9.59 Å². The van der Waals surface area contributed by atoms with Crippen molar-refractivity contribution < 1.29 is 14.3 Å². The Balaban J connectivity index is 2.11. The molecule has 2 aromatic rings. The van der Waals surface area contributed by atoms with Gasteiger partial charge in [0, 0.05) is 18.4 Å². The lowest BCUT2D eigenvalue weighted by Crippen LogP contribution is -2.22. The predicted octanol–water partition coefficient (Wildman–Crippen LogP) is 2.11. The van der Waals surface area contributed by atoms with Crippen molar-refractivity contribution in [3.05, 3.63) is 65.7 Å². The van der Waals surface area contributed by atoms with Crippen molar-refractivity contribution in [1.29, 1.82) is 0 Å². The topological polar surface area (TPSA) is 81.4 Å². The molecule has 108 valence electrons. The average Bonchev–Trinajstić information content (AvgIpc) is 2.49. The number of nitrogens with one attached hydrogen (secondary N) is 1. The van der Waals surface area contributed by atoms with Crippen LogP contribution in [0.3, 0.4) is 0 Å². The van der Waals surface area contributed by atoms with E-state index in [1.165, 1.54) is 7.11 Å². The van der Waals surface area contributed by atoms with Gasteiger partial charge in [0.1, 0.15) is 0 Å². The highest BCUT2D eigenvalue weighted by atomic mass is 16.5. The van der Waals surface area contributed by atoms with E-state index >= 15 is 0 Å². The Hall–Kier alpha value is -2.66. The van der Waals surface area contributed by atoms with Crippen molar-refractivity contribution in [3.8, 4) is 0 Å². The minimum absolute atomic E-state index is 0.282. The second-order valence-corrected chi connectivity index (χ2v) is 4.46. The number of carbonyl (C=O) groups excluding carboxylic acids is 2. The van der Waals surface area contributed by atoms with E-state index in [2.05, 4.69) is 5.32 Å². The Bertz CT molecular complexity index is 624. The molecule has 0 spiro atoms. The van der Waals surface area contributed by atoms with E-state index in [4.69, 9.17) is 10.5 Å². The molecule has 0 saturated carbocycles. The zero-order valence-electron chi connectivity index (χ0n) is 11.6. The third kappa shape index (κ3) is 3.67. The van der Waals surface area contributed by atoms with Gasteiger partial charge in [0.2, 0.25) is 5.91 Å². The number of ether oxygens (including phenoxy) is 1. The molecule has 0 aliphatic heterocycles. The highest BCUT2D eigenvalue weighted by Crippen LogP contribution is 2.19. The minimum Gasteiger partial charge on any atom is -0.367 e. The summed E-state index contributed by atoms with van der Waals surface area (Å²) in [5.74, 6) is -0.789. The van der Waals surface area contributed by atoms with Gasteiger partial charge in [-0.2, -0.15) is 0 Å². The SMILES string of the molecule is CO[C@@H](C(=O)Nc1ccc(C(N)=O)cc1)c1ccccc1. The summed E-state index contributed by atoms with van der Waals surface area (Å²) < 4.78 is 5.25. The van der Waals surface area contributed by atoms with Gasteiger partial charge >= 0.3 is 0 Å². The van der Waals surface area contributed by atoms with Gasteiger partial charge in [-0.15, -0.1) is 0 Å². The quantitative estimate of drug-likeness (QED) is 0.882. The highest BCUT2D eigenvalue weighted by molar-refractivity contribution is 5.96. The maximum Gasteiger partial charge on any atom is 0.258 e. The number of anilines is 1. The van der Waals surface area contributed by atoms with Crippen molar-refractivity contribution in [2.24, 2.45) is 5.73 Å². The van der Waals surface area contributed by atoms with Crippen LogP contribution in [0.15, 0.2) is 54.6 Å². The summed E-state index contributed by atoms with van der Waals surface area (Å²) >= 11 is 0. The molecule has 0 heterocycles. The second kappa shape index (κ2) is 6.67. The average molecular weight is 284 g/mol. The van der Waals surface area contributed by atoms with Crippen molar-refractivity contribution in [1.82, 2.24) is 0 Å². The highest BCUT2D eigenvalue weighted by Gasteiger charge is 2.19. The number of amides is 2. The molecule has 0 aliphatic rings. The monoisotopic (exact) mass is 284 g/mol. The van der Waals surface area contributed by atoms with Crippen LogP contribution in [0.5, 0.6) is 0 Å². The third-order valence-corrected chi connectivity index (χ3v) is 3.01. The first-order chi connectivity index (χ1) is 10.1. The maximum absolute atomic E-state index is 12.2. The summed E-state index contributed by atoms with van der Waals surface area (Å²) in [6.45, 7) is 0. The first-order valence-corrected chi connectivity index (χ1v) is 6.40. The zero-order valence-corrected chi connectivity index (χ0v) is 11.6. The van der Waals surface area contributed by atoms with Crippen molar-refractivity contribution in [2.75, 3.05) is 12.4 Å². The van der Waals surface area contributed by atoms with Gasteiger partial charge in [-0.25, -0.2) is 0 Å². The molecule has 2 amide bonds. The standard InChI is InChI=1S/C16H16N2O3/c1-21-14(11-5-3-2-4-6-11)16(20)18-13-9-7-12(8-10-13)15(17)19/h2-10,14H,1H3,(H2,17,19)(H,18,20)/t14-/m1/s1. The number of primary amides is 1. The van der Waals surface area contributed by atoms with Gasteiger partial charge in [-0.3, -0.25) is 9.59 Å². The molecule has 1 atom stereocenters. The van der Waals surface area contributed by atoms with E-state index in [1.807, 2.05) is 30.3 Å². The van der Waals surface area contributed by atoms with Crippen LogP contribution in [-0.2, 0) is 9.53 Å². The lowest BCUT2D eigenvalue weighted by Gasteiger charge is -2.15. The normalized spacial score (nSPS) is 11.7. The number of hydrogen-bond donors (Lipinski definition) is 2. The van der Waals surface area contributed by atoms with Gasteiger partial charge in [0.15, 0.2) is 6.10 Å². The van der Waals surface area contributed by atoms with Crippen LogP contribution in [0, 0.1) is 0 Å². The molecule has 0 radical (unpaired) electrons. The largest absolute Gasteiger partial charge is 0.367 e. The lowest BCUT2D eigenvalue weighted by atomic mass is 10.1. The van der Waals surface area contributed by atoms with Gasteiger partial charge in [0.05, 0.1) is 0 Å². The fourth-order valence-electron chi connectivity index (χ4n) is 1.95. The minimum atomic E-state index is -0.693. The second-order valence-electron chi connectivity index (χ2n) is 4.46. The Labute approximate surface area is 122 Å². The summed E-state index contributed by atoms with van der Waals surface area (Å²) in [6, 6.07) is 15.6. The van der Waals surface area contributed by atoms with Crippen LogP contribution in [0.2, 0.25) is 0 Å². The Morgan fingerprint density at radius 3 is 2.19 bits per heavy atom. The van der Waals surface area contributed by atoms with Crippen molar-refractivity contribution in [2.45, 2.75) is 6.10 Å². The maximum atomic E-state index is 12.2. The van der Waals surface area contributed by atoms with Crippen LogP contribution in [0.1, 0.15) is 22.0 Å². The van der Waals surface area contributed by atoms with E-state index in [-0.39, 0.29) is 5.91 Å². The summed E-state index contributed by atoms with van der Waals surface area (Å²) in [7, 11) is 1.48. The molecule has 2 aromatic carbocycles. The number of rotatable bonds is 5. The van der Waals surface area contributed by atoms with Gasteiger partial charge in [-0.05, 0) is 29.8 Å². The first-order valence-electron chi connectivity index (χ1n) is 6.40.